The highest BCUT2D eigenvalue weighted by molar-refractivity contribution is 14.0. The van der Waals surface area contributed by atoms with Gasteiger partial charge in [0.1, 0.15) is 12.0 Å². The van der Waals surface area contributed by atoms with E-state index >= 15 is 0 Å². The average Bonchev–Trinajstić information content (AvgIpc) is 3.25. The molecule has 0 bridgehead atoms. The van der Waals surface area contributed by atoms with Crippen molar-refractivity contribution in [3.8, 4) is 5.69 Å². The number of hydrogen-bond acceptors (Lipinski definition) is 4. The normalized spacial score (nSPS) is 11.2. The van der Waals surface area contributed by atoms with Crippen LogP contribution < -0.4 is 5.32 Å². The Hall–Kier alpha value is -2.36. The number of halogens is 1. The fraction of sp³-hybridized carbons (Fsp3) is 0.316. The fourth-order valence-corrected chi connectivity index (χ4v) is 2.94. The Morgan fingerprint density at radius 2 is 1.96 bits per heavy atom. The maximum Gasteiger partial charge on any atom is 0.194 e. The van der Waals surface area contributed by atoms with Crippen molar-refractivity contribution < 1.29 is 4.52 Å². The van der Waals surface area contributed by atoms with E-state index in [1.165, 1.54) is 5.56 Å². The quantitative estimate of drug-likeness (QED) is 0.345. The van der Waals surface area contributed by atoms with Gasteiger partial charge in [-0.1, -0.05) is 23.4 Å². The van der Waals surface area contributed by atoms with Gasteiger partial charge >= 0.3 is 0 Å². The van der Waals surface area contributed by atoms with Gasteiger partial charge in [-0.25, -0.2) is 4.68 Å². The molecule has 8 heteroatoms. The van der Waals surface area contributed by atoms with Crippen molar-refractivity contribution >= 4 is 29.9 Å². The molecule has 0 saturated heterocycles. The third-order valence-electron chi connectivity index (χ3n) is 4.33. The lowest BCUT2D eigenvalue weighted by molar-refractivity contribution is 0.391. The van der Waals surface area contributed by atoms with E-state index < -0.39 is 0 Å². The van der Waals surface area contributed by atoms with Crippen molar-refractivity contribution in [1.29, 1.82) is 0 Å². The number of benzene rings is 1. The first kappa shape index (κ1) is 20.9. The van der Waals surface area contributed by atoms with Crippen LogP contribution in [-0.2, 0) is 13.1 Å². The van der Waals surface area contributed by atoms with E-state index in [2.05, 4.69) is 34.5 Å². The predicted molar refractivity (Wildman–Crippen MR) is 117 cm³/mol. The van der Waals surface area contributed by atoms with Crippen LogP contribution in [0.4, 0.5) is 0 Å². The first-order chi connectivity index (χ1) is 12.6. The van der Waals surface area contributed by atoms with Crippen LogP contribution in [0.5, 0.6) is 0 Å². The number of guanidine groups is 1. The Labute approximate surface area is 176 Å². The highest BCUT2D eigenvalue weighted by Crippen LogP contribution is 2.17. The monoisotopic (exact) mass is 480 g/mol. The van der Waals surface area contributed by atoms with E-state index in [-0.39, 0.29) is 24.0 Å². The van der Waals surface area contributed by atoms with Gasteiger partial charge in [-0.15, -0.1) is 24.0 Å². The van der Waals surface area contributed by atoms with E-state index in [9.17, 15) is 0 Å². The molecule has 2 aromatic heterocycles. The van der Waals surface area contributed by atoms with Crippen molar-refractivity contribution in [2.45, 2.75) is 26.9 Å². The predicted octanol–water partition coefficient (Wildman–Crippen LogP) is 3.30. The summed E-state index contributed by atoms with van der Waals surface area (Å²) in [4.78, 5) is 6.36. The second-order valence-corrected chi connectivity index (χ2v) is 6.14. The van der Waals surface area contributed by atoms with Gasteiger partial charge in [0.05, 0.1) is 17.9 Å². The molecule has 0 atom stereocenters. The fourth-order valence-electron chi connectivity index (χ4n) is 2.94. The molecule has 0 fully saturated rings. The van der Waals surface area contributed by atoms with Crippen LogP contribution in [0.25, 0.3) is 5.69 Å². The summed E-state index contributed by atoms with van der Waals surface area (Å²) in [5.41, 5.74) is 5.22. The summed E-state index contributed by atoms with van der Waals surface area (Å²) in [5.74, 6) is 0.791. The molecular formula is C19H25IN6O. The van der Waals surface area contributed by atoms with Crippen LogP contribution in [0, 0.1) is 13.8 Å². The van der Waals surface area contributed by atoms with Crippen molar-refractivity contribution in [1.82, 2.24) is 25.2 Å². The van der Waals surface area contributed by atoms with Gasteiger partial charge < -0.3 is 14.7 Å². The van der Waals surface area contributed by atoms with Gasteiger partial charge in [0.25, 0.3) is 0 Å². The lowest BCUT2D eigenvalue weighted by Crippen LogP contribution is -2.38. The summed E-state index contributed by atoms with van der Waals surface area (Å²) < 4.78 is 6.87. The number of nitrogens with zero attached hydrogens (tertiary/aromatic N) is 5. The lowest BCUT2D eigenvalue weighted by atomic mass is 10.2. The molecule has 1 aromatic carbocycles. The molecule has 3 aromatic rings. The minimum Gasteiger partial charge on any atom is -0.364 e. The van der Waals surface area contributed by atoms with E-state index in [1.807, 2.05) is 47.8 Å². The van der Waals surface area contributed by atoms with Gasteiger partial charge in [0, 0.05) is 38.0 Å². The highest BCUT2D eigenvalue weighted by atomic mass is 127. The third kappa shape index (κ3) is 4.88. The Kier molecular flexibility index (Phi) is 7.40. The molecule has 0 saturated carbocycles. The highest BCUT2D eigenvalue weighted by Gasteiger charge is 2.14. The molecule has 144 valence electrons. The maximum atomic E-state index is 4.89. The van der Waals surface area contributed by atoms with Crippen LogP contribution in [-0.4, -0.2) is 39.9 Å². The van der Waals surface area contributed by atoms with Crippen LogP contribution >= 0.6 is 24.0 Å². The number of para-hydroxylation sites is 1. The van der Waals surface area contributed by atoms with Crippen LogP contribution in [0.15, 0.2) is 52.2 Å². The zero-order valence-electron chi connectivity index (χ0n) is 16.0. The van der Waals surface area contributed by atoms with Gasteiger partial charge in [0.15, 0.2) is 5.96 Å². The molecule has 0 unspecified atom stereocenters. The molecule has 0 amide bonds. The number of aryl methyl sites for hydroxylation is 1. The molecule has 0 radical (unpaired) electrons. The first-order valence-electron chi connectivity index (χ1n) is 8.51. The van der Waals surface area contributed by atoms with E-state index in [0.29, 0.717) is 13.1 Å². The Morgan fingerprint density at radius 3 is 2.59 bits per heavy atom. The van der Waals surface area contributed by atoms with Crippen molar-refractivity contribution in [3.63, 3.8) is 0 Å². The minimum atomic E-state index is 0. The molecule has 0 aliphatic heterocycles. The van der Waals surface area contributed by atoms with Crippen LogP contribution in [0.1, 0.15) is 22.6 Å². The smallest absolute Gasteiger partial charge is 0.194 e. The average molecular weight is 480 g/mol. The van der Waals surface area contributed by atoms with E-state index in [1.54, 1.807) is 13.3 Å². The number of hydrogen-bond donors (Lipinski definition) is 1. The lowest BCUT2D eigenvalue weighted by Gasteiger charge is -2.21. The molecular weight excluding hydrogens is 455 g/mol. The molecule has 0 spiro atoms. The van der Waals surface area contributed by atoms with Gasteiger partial charge in [-0.2, -0.15) is 5.10 Å². The van der Waals surface area contributed by atoms with Crippen LogP contribution in [0.3, 0.4) is 0 Å². The van der Waals surface area contributed by atoms with Gasteiger partial charge in [0.2, 0.25) is 0 Å². The second-order valence-electron chi connectivity index (χ2n) is 6.14. The summed E-state index contributed by atoms with van der Waals surface area (Å²) in [6.45, 7) is 5.40. The number of aromatic nitrogens is 3. The molecule has 27 heavy (non-hydrogen) atoms. The van der Waals surface area contributed by atoms with Crippen molar-refractivity contribution in [2.24, 2.45) is 4.99 Å². The molecule has 2 heterocycles. The number of aliphatic imine (C=N–C) groups is 1. The topological polar surface area (TPSA) is 71.5 Å². The van der Waals surface area contributed by atoms with Crippen molar-refractivity contribution in [3.05, 3.63) is 65.3 Å². The summed E-state index contributed by atoms with van der Waals surface area (Å²) >= 11 is 0. The molecule has 1 N–H and O–H groups in total. The van der Waals surface area contributed by atoms with E-state index in [0.717, 1.165) is 28.7 Å². The van der Waals surface area contributed by atoms with E-state index in [4.69, 9.17) is 9.62 Å². The Bertz CT molecular complexity index is 873. The summed E-state index contributed by atoms with van der Waals surface area (Å²) in [7, 11) is 3.74. The molecule has 7 nitrogen and oxygen atoms in total. The number of nitrogens with one attached hydrogen (secondary N) is 1. The maximum absolute atomic E-state index is 4.89. The zero-order chi connectivity index (χ0) is 18.5. The van der Waals surface area contributed by atoms with Gasteiger partial charge in [-0.05, 0) is 26.0 Å². The summed E-state index contributed by atoms with van der Waals surface area (Å²) in [6.07, 6.45) is 1.57. The second kappa shape index (κ2) is 9.54. The first-order valence-corrected chi connectivity index (χ1v) is 8.51. The molecule has 0 aliphatic rings. The zero-order valence-corrected chi connectivity index (χ0v) is 18.3. The van der Waals surface area contributed by atoms with Crippen LogP contribution in [0.2, 0.25) is 0 Å². The molecule has 0 aliphatic carbocycles. The minimum absolute atomic E-state index is 0. The number of rotatable bonds is 5. The largest absolute Gasteiger partial charge is 0.364 e. The Balaban J connectivity index is 0.00000261. The van der Waals surface area contributed by atoms with Crippen molar-refractivity contribution in [2.75, 3.05) is 14.1 Å². The molecule has 3 rings (SSSR count). The third-order valence-corrected chi connectivity index (χ3v) is 4.33. The SMILES string of the molecule is CN=C(NCc1c(C)nn(-c2ccccc2)c1C)N(C)Cc1ccon1.I. The Morgan fingerprint density at radius 1 is 1.22 bits per heavy atom. The standard InChI is InChI=1S/C19H24N6O.HI/c1-14-18(15(2)25(22-14)17-8-6-5-7-9-17)12-21-19(20-3)24(4)13-16-10-11-26-23-16;/h5-11H,12-13H2,1-4H3,(H,20,21);1H. The summed E-state index contributed by atoms with van der Waals surface area (Å²) in [5, 5.41) is 12.0. The summed E-state index contributed by atoms with van der Waals surface area (Å²) in [6, 6.07) is 12.0. The van der Waals surface area contributed by atoms with Gasteiger partial charge in [-0.3, -0.25) is 4.99 Å².